The first kappa shape index (κ1) is 95.7. The Morgan fingerprint density at radius 1 is 0.214 bits per heavy atom. The highest BCUT2D eigenvalue weighted by Gasteiger charge is 2.27. The molecule has 8 amide bonds. The number of carbonyl (C=O) groups is 4. The third-order valence-electron chi connectivity index (χ3n) is 21.8. The summed E-state index contributed by atoms with van der Waals surface area (Å²) in [6, 6.07) is 15.5. The zero-order valence-electron chi connectivity index (χ0n) is 72.3. The maximum atomic E-state index is 14.4. The normalized spacial score (nSPS) is 11.8. The molecule has 8 N–H and O–H groups in total. The van der Waals surface area contributed by atoms with Crippen molar-refractivity contribution in [2.24, 2.45) is 0 Å². The first-order valence-corrected chi connectivity index (χ1v) is 46.3. The number of unbranched alkanes of at least 4 members (excludes halogenated alkanes) is 40. The van der Waals surface area contributed by atoms with Crippen LogP contribution in [0.2, 0.25) is 0 Å². The number of hydrogen-bond donors (Lipinski definition) is 8. The summed E-state index contributed by atoms with van der Waals surface area (Å²) in [5.41, 5.74) is 9.28. The molecule has 1 aliphatic rings. The molecule has 0 heterocycles. The van der Waals surface area contributed by atoms with Gasteiger partial charge in [0, 0.05) is 119 Å². The molecule has 4 aromatic rings. The van der Waals surface area contributed by atoms with E-state index in [2.05, 4.69) is 146 Å². The molecule has 112 heavy (non-hydrogen) atoms. The fourth-order valence-corrected chi connectivity index (χ4v) is 15.3. The van der Waals surface area contributed by atoms with Crippen LogP contribution in [0.3, 0.4) is 0 Å². The summed E-state index contributed by atoms with van der Waals surface area (Å²) in [6.07, 6.45) is 54.4. The van der Waals surface area contributed by atoms with E-state index < -0.39 is 0 Å². The number of carbonyl (C=O) groups excluding carboxylic acids is 4. The van der Waals surface area contributed by atoms with Crippen molar-refractivity contribution in [3.05, 3.63) is 93.0 Å². The predicted octanol–water partition coefficient (Wildman–Crippen LogP) is 27.2. The Balaban J connectivity index is 1.93. The van der Waals surface area contributed by atoms with Crippen LogP contribution in [-0.4, -0.2) is 76.7 Å². The minimum absolute atomic E-state index is 0.282. The highest BCUT2D eigenvalue weighted by Crippen LogP contribution is 2.44. The summed E-state index contributed by atoms with van der Waals surface area (Å²) in [5, 5.41) is 26.1. The van der Waals surface area contributed by atoms with Crippen LogP contribution in [0.4, 0.5) is 41.9 Å². The molecule has 0 spiro atoms. The van der Waals surface area contributed by atoms with E-state index in [0.717, 1.165) is 247 Å². The number of nitrogens with one attached hydrogen (secondary N) is 8. The summed E-state index contributed by atoms with van der Waals surface area (Å²) >= 11 is 0. The van der Waals surface area contributed by atoms with E-state index >= 15 is 0 Å². The number of benzene rings is 4. The Kier molecular flexibility index (Phi) is 53.4. The van der Waals surface area contributed by atoms with E-state index in [0.29, 0.717) is 101 Å². The van der Waals surface area contributed by atoms with Gasteiger partial charge in [-0.1, -0.05) is 312 Å². The summed E-state index contributed by atoms with van der Waals surface area (Å²) in [6.45, 7) is 22.0. The number of hydrogen-bond acceptors (Lipinski definition) is 8. The molecule has 16 heteroatoms. The van der Waals surface area contributed by atoms with Gasteiger partial charge in [0.25, 0.3) is 0 Å². The summed E-state index contributed by atoms with van der Waals surface area (Å²) < 4.78 is 29.6. The molecule has 0 fully saturated rings. The largest absolute Gasteiger partial charge is 0.493 e. The molecular weight excluding hydrogens is 1390 g/mol. The maximum absolute atomic E-state index is 14.4. The van der Waals surface area contributed by atoms with Gasteiger partial charge in [0.15, 0.2) is 0 Å². The molecule has 0 aliphatic heterocycles. The molecule has 16 nitrogen and oxygen atoms in total. The molecule has 0 saturated carbocycles. The first-order valence-electron chi connectivity index (χ1n) is 46.3. The average Bonchev–Trinajstić information content (AvgIpc) is 0.772. The van der Waals surface area contributed by atoms with Crippen LogP contribution >= 0.6 is 0 Å². The molecule has 0 radical (unpaired) electrons. The summed E-state index contributed by atoms with van der Waals surface area (Å²) in [5.74, 6) is 2.89. The van der Waals surface area contributed by atoms with Crippen molar-refractivity contribution in [2.75, 3.05) is 73.9 Å². The zero-order chi connectivity index (χ0) is 80.1. The highest BCUT2D eigenvalue weighted by molar-refractivity contribution is 5.92. The van der Waals surface area contributed by atoms with Crippen molar-refractivity contribution in [2.45, 2.75) is 389 Å². The Morgan fingerprint density at radius 2 is 0.357 bits per heavy atom. The molecular formula is C96H160N8O8. The zero-order valence-corrected chi connectivity index (χ0v) is 72.3. The van der Waals surface area contributed by atoms with Crippen molar-refractivity contribution >= 4 is 46.9 Å². The predicted molar refractivity (Wildman–Crippen MR) is 474 cm³/mol. The topological polar surface area (TPSA) is 201 Å². The summed E-state index contributed by atoms with van der Waals surface area (Å²) in [4.78, 5) is 57.6. The number of ether oxygens (including phenoxy) is 4. The molecule has 8 bridgehead atoms. The van der Waals surface area contributed by atoms with Crippen molar-refractivity contribution in [3.8, 4) is 23.0 Å². The molecule has 5 rings (SSSR count). The SMILES string of the molecule is CCCCCCCCCCOc1c2cc(NC(=O)NCCCCCC)cc1Cc1cc(NC(=O)NCCCCCC)cc(c1OCCCCCCCCCC)Cc1cc(NC(=O)NCCCCCC)cc(c1OCCCCCCCCCC)Cc1cc(NC(=O)NCCCCCC)cc(c1OCCCCCCCCCC)C2. The fourth-order valence-electron chi connectivity index (χ4n) is 15.3. The molecule has 0 saturated heterocycles. The lowest BCUT2D eigenvalue weighted by Crippen LogP contribution is -2.30. The van der Waals surface area contributed by atoms with E-state index in [1.165, 1.54) is 128 Å². The second kappa shape index (κ2) is 62.5. The minimum Gasteiger partial charge on any atom is -0.493 e. The first-order chi connectivity index (χ1) is 55.0. The van der Waals surface area contributed by atoms with Gasteiger partial charge in [-0.3, -0.25) is 0 Å². The Bertz CT molecular complexity index is 2670. The Morgan fingerprint density at radius 3 is 0.518 bits per heavy atom. The molecule has 632 valence electrons. The van der Waals surface area contributed by atoms with Crippen LogP contribution in [0.1, 0.15) is 408 Å². The van der Waals surface area contributed by atoms with E-state index in [1.54, 1.807) is 0 Å². The van der Waals surface area contributed by atoms with Crippen molar-refractivity contribution in [1.29, 1.82) is 0 Å². The van der Waals surface area contributed by atoms with Gasteiger partial charge in [0.05, 0.1) is 26.4 Å². The van der Waals surface area contributed by atoms with Gasteiger partial charge >= 0.3 is 24.1 Å². The van der Waals surface area contributed by atoms with Crippen LogP contribution < -0.4 is 61.5 Å². The fraction of sp³-hybridized carbons (Fsp3) is 0.708. The number of anilines is 4. The standard InChI is InChI=1S/C96H160N8O8/c1-9-17-25-33-37-41-45-53-61-109-89-77-65-79-71-86(102-94(106)98-58-50-30-22-14-6)73-81(90(79)110-62-54-46-42-38-34-26-18-10-2)67-83-75-88(104-96(108)100-60-52-32-24-16-8)76-84(92(83)112-64-56-48-44-40-36-28-20-12-4)68-82-74-87(103-95(107)99-59-51-31-23-15-7)72-80(91(82)111-63-55-47-43-39-35-27-19-11-3)66-78(89)70-85(69-77)101-93(105)97-57-49-29-21-13-5/h69-76H,9-68H2,1-8H3,(H2,97,101,105)(H2,98,102,106)(H2,99,103,107)(H2,100,104,108). The molecule has 4 aromatic carbocycles. The van der Waals surface area contributed by atoms with Crippen LogP contribution in [0, 0.1) is 0 Å². The third kappa shape index (κ3) is 41.5. The smallest absolute Gasteiger partial charge is 0.319 e. The lowest BCUT2D eigenvalue weighted by Gasteiger charge is -2.25. The quantitative estimate of drug-likeness (QED) is 0.0176. The average molecular weight is 1550 g/mol. The van der Waals surface area contributed by atoms with Crippen LogP contribution in [0.25, 0.3) is 0 Å². The van der Waals surface area contributed by atoms with Gasteiger partial charge in [-0.25, -0.2) is 19.2 Å². The molecule has 0 atom stereocenters. The minimum atomic E-state index is -0.282. The van der Waals surface area contributed by atoms with Gasteiger partial charge in [0.2, 0.25) is 0 Å². The monoisotopic (exact) mass is 1550 g/mol. The van der Waals surface area contributed by atoms with E-state index in [9.17, 15) is 19.2 Å². The Hall–Kier alpha value is -6.84. The second-order valence-electron chi connectivity index (χ2n) is 32.3. The van der Waals surface area contributed by atoms with E-state index in [1.807, 2.05) is 0 Å². The lowest BCUT2D eigenvalue weighted by molar-refractivity contribution is 0.251. The molecule has 1 aliphatic carbocycles. The number of fused-ring (bicyclic) bond motifs is 8. The van der Waals surface area contributed by atoms with Crippen molar-refractivity contribution in [1.82, 2.24) is 21.3 Å². The van der Waals surface area contributed by atoms with Gasteiger partial charge in [0.1, 0.15) is 23.0 Å². The number of urea groups is 4. The van der Waals surface area contributed by atoms with E-state index in [-0.39, 0.29) is 24.1 Å². The highest BCUT2D eigenvalue weighted by atomic mass is 16.5. The van der Waals surface area contributed by atoms with Crippen molar-refractivity contribution in [3.63, 3.8) is 0 Å². The van der Waals surface area contributed by atoms with E-state index in [4.69, 9.17) is 18.9 Å². The third-order valence-corrected chi connectivity index (χ3v) is 21.8. The Labute approximate surface area is 681 Å². The second-order valence-corrected chi connectivity index (χ2v) is 32.3. The van der Waals surface area contributed by atoms with Crippen molar-refractivity contribution < 1.29 is 38.1 Å². The van der Waals surface area contributed by atoms with Gasteiger partial charge in [-0.05, 0) is 99.9 Å². The maximum Gasteiger partial charge on any atom is 0.319 e. The summed E-state index contributed by atoms with van der Waals surface area (Å²) in [7, 11) is 0. The molecule has 0 unspecified atom stereocenters. The number of amides is 8. The lowest BCUT2D eigenvalue weighted by atomic mass is 9.90. The van der Waals surface area contributed by atoms with Gasteiger partial charge in [-0.2, -0.15) is 0 Å². The van der Waals surface area contributed by atoms with Gasteiger partial charge < -0.3 is 61.5 Å². The van der Waals surface area contributed by atoms with Crippen LogP contribution in [0.15, 0.2) is 48.5 Å². The van der Waals surface area contributed by atoms with Gasteiger partial charge in [-0.15, -0.1) is 0 Å². The van der Waals surface area contributed by atoms with Crippen LogP contribution in [0.5, 0.6) is 23.0 Å². The van der Waals surface area contributed by atoms with Crippen LogP contribution in [-0.2, 0) is 25.7 Å². The number of rotatable bonds is 64. The molecule has 0 aromatic heterocycles.